The van der Waals surface area contributed by atoms with Gasteiger partial charge in [0.1, 0.15) is 23.0 Å². The van der Waals surface area contributed by atoms with Crippen LogP contribution in [0.5, 0.6) is 0 Å². The lowest BCUT2D eigenvalue weighted by atomic mass is 9.80. The lowest BCUT2D eigenvalue weighted by Gasteiger charge is -2.25. The molecule has 0 spiro atoms. The molecule has 0 aliphatic heterocycles. The largest absolute Gasteiger partial charge is 0.261 e. The van der Waals surface area contributed by atoms with Gasteiger partial charge >= 0.3 is 0 Å². The molecule has 22 heteroatoms. The molecule has 4 fully saturated rings. The van der Waals surface area contributed by atoms with Crippen LogP contribution in [0.4, 0.5) is 0 Å². The molecule has 0 amide bonds. The van der Waals surface area contributed by atoms with E-state index in [0.29, 0.717) is 17.8 Å². The summed E-state index contributed by atoms with van der Waals surface area (Å²) >= 11 is 0. The topological polar surface area (TPSA) is 284 Å². The Morgan fingerprint density at radius 2 is 0.457 bits per heavy atom. The summed E-state index contributed by atoms with van der Waals surface area (Å²) in [6.07, 6.45) is 55.1. The van der Waals surface area contributed by atoms with Crippen molar-refractivity contribution in [1.82, 2.24) is 110 Å². The molecule has 22 nitrogen and oxygen atoms in total. The quantitative estimate of drug-likeness (QED) is 0.123. The van der Waals surface area contributed by atoms with Crippen LogP contribution >= 0.6 is 0 Å². The van der Waals surface area contributed by atoms with Gasteiger partial charge in [0.2, 0.25) is 0 Å². The van der Waals surface area contributed by atoms with Crippen LogP contribution in [0.25, 0.3) is 67.9 Å². The highest BCUT2D eigenvalue weighted by molar-refractivity contribution is 5.60. The normalized spacial score (nSPS) is 17.1. The van der Waals surface area contributed by atoms with E-state index in [-0.39, 0.29) is 5.71 Å². The molecular formula is C118H150N22. The maximum absolute atomic E-state index is 4.53. The monoisotopic (exact) mass is 1880 g/mol. The van der Waals surface area contributed by atoms with E-state index in [2.05, 4.69) is 169 Å². The van der Waals surface area contributed by atoms with Gasteiger partial charge in [0.05, 0.1) is 74.5 Å². The fourth-order valence-corrected chi connectivity index (χ4v) is 16.0. The minimum atomic E-state index is 0. The Balaban J connectivity index is 0.000000216. The Hall–Kier alpha value is -14.0. The third kappa shape index (κ3) is 36.7. The van der Waals surface area contributed by atoms with Gasteiger partial charge in [-0.3, -0.25) is 69.8 Å². The Morgan fingerprint density at radius 1 is 0.171 bits per heavy atom. The summed E-state index contributed by atoms with van der Waals surface area (Å²) in [6, 6.07) is 48.4. The Morgan fingerprint density at radius 3 is 0.786 bits per heavy atom. The van der Waals surface area contributed by atoms with E-state index in [1.807, 2.05) is 324 Å². The van der Waals surface area contributed by atoms with E-state index in [1.165, 1.54) is 148 Å². The van der Waals surface area contributed by atoms with E-state index < -0.39 is 0 Å². The maximum atomic E-state index is 4.53. The number of rotatable bonds is 10. The molecular weight excluding hydrogens is 1730 g/mol. The van der Waals surface area contributed by atoms with Gasteiger partial charge in [-0.15, -0.1) is 5.10 Å². The van der Waals surface area contributed by atoms with E-state index in [9.17, 15) is 0 Å². The summed E-state index contributed by atoms with van der Waals surface area (Å²) in [7, 11) is 0. The van der Waals surface area contributed by atoms with Crippen molar-refractivity contribution in [1.29, 1.82) is 0 Å². The fraction of sp³-hybridized carbons (Fsp3) is 0.373. The maximum Gasteiger partial charge on any atom is 0.131 e. The van der Waals surface area contributed by atoms with Crippen molar-refractivity contribution < 1.29 is 5.71 Å². The molecule has 140 heavy (non-hydrogen) atoms. The minimum Gasteiger partial charge on any atom is -0.261 e. The third-order valence-corrected chi connectivity index (χ3v) is 25.3. The summed E-state index contributed by atoms with van der Waals surface area (Å²) < 4.78 is 0. The first-order valence-corrected chi connectivity index (χ1v) is 49.6. The Kier molecular flexibility index (Phi) is 42.2. The highest BCUT2D eigenvalue weighted by atomic mass is 15.1. The molecule has 16 heterocycles. The summed E-state index contributed by atoms with van der Waals surface area (Å²) in [5.74, 6) is 8.31. The summed E-state index contributed by atoms with van der Waals surface area (Å²) in [5.41, 5.74) is 31.2. The molecule has 16 aromatic heterocycles. The molecule has 732 valence electrons. The summed E-state index contributed by atoms with van der Waals surface area (Å²) in [5, 5.41) is 16.1. The number of aryl methyl sites for hydroxylation is 16. The van der Waals surface area contributed by atoms with Crippen LogP contribution in [-0.4, -0.2) is 110 Å². The van der Waals surface area contributed by atoms with Crippen molar-refractivity contribution in [3.8, 4) is 67.9 Å². The number of aromatic nitrogens is 22. The Labute approximate surface area is 837 Å². The first-order valence-electron chi connectivity index (χ1n) is 49.6. The van der Waals surface area contributed by atoms with E-state index in [4.69, 9.17) is 0 Å². The average Bonchev–Trinajstić information content (AvgIpc) is 0.910. The number of nitrogens with zero attached hydrogens (tertiary/aromatic N) is 22. The highest BCUT2D eigenvalue weighted by Crippen LogP contribution is 2.38. The Bertz CT molecular complexity index is 5030. The van der Waals surface area contributed by atoms with Gasteiger partial charge in [-0.25, -0.2) is 19.9 Å². The van der Waals surface area contributed by atoms with Gasteiger partial charge in [-0.05, 0) is 345 Å². The van der Waals surface area contributed by atoms with Crippen LogP contribution in [0.1, 0.15) is 273 Å². The molecule has 0 radical (unpaired) electrons. The smallest absolute Gasteiger partial charge is 0.131 e. The van der Waals surface area contributed by atoms with E-state index in [0.717, 1.165) is 166 Å². The van der Waals surface area contributed by atoms with Crippen molar-refractivity contribution in [3.63, 3.8) is 0 Å². The zero-order valence-corrected chi connectivity index (χ0v) is 86.0. The second-order valence-electron chi connectivity index (χ2n) is 38.4. The van der Waals surface area contributed by atoms with Crippen molar-refractivity contribution in [2.45, 2.75) is 265 Å². The predicted molar refractivity (Wildman–Crippen MR) is 574 cm³/mol. The first kappa shape index (κ1) is 106. The molecule has 0 unspecified atom stereocenters. The van der Waals surface area contributed by atoms with Crippen LogP contribution in [0, 0.1) is 134 Å². The van der Waals surface area contributed by atoms with Crippen molar-refractivity contribution in [2.24, 2.45) is 23.7 Å². The van der Waals surface area contributed by atoms with Crippen molar-refractivity contribution in [2.75, 3.05) is 0 Å². The molecule has 0 N–H and O–H groups in total. The molecule has 0 saturated heterocycles. The molecule has 4 aliphatic rings. The molecule has 0 atom stereocenters. The third-order valence-electron chi connectivity index (χ3n) is 25.3. The molecule has 16 aromatic rings. The number of hydrogen-bond donors (Lipinski definition) is 0. The second-order valence-corrected chi connectivity index (χ2v) is 38.4. The van der Waals surface area contributed by atoms with E-state index in [1.54, 1.807) is 12.4 Å². The van der Waals surface area contributed by atoms with Crippen molar-refractivity contribution in [3.05, 3.63) is 370 Å². The SMILES string of the molecule is Cc1ccc(-c2ccc(C)cn2)nc1.Cc1ccc(-c2ccc(C)nc2)nc1.Cc1ccc(-c2ccc(C)nc2)nc1.Cc1ccc(-c2ccc(C)nn2)cn1.Cc1ccc(-c2ccc(C)nn2)nc1.Cc1ccc(-c2cnc(C)cn2)nc1.Cc1ccc(C2CCC(C)CC2)nc1.Cc1cnc(C2CCC(C)CC2)cn1.Cc1cnc(C2CCC(C)CC2)nc1.Cc1ncc(C2CCC(C)CC2)cn1.[HH].[HH].[HH].[HH]. The van der Waals surface area contributed by atoms with Gasteiger partial charge in [0.25, 0.3) is 0 Å². The lowest BCUT2D eigenvalue weighted by Crippen LogP contribution is -2.13. The van der Waals surface area contributed by atoms with Crippen LogP contribution in [0.15, 0.2) is 257 Å². The van der Waals surface area contributed by atoms with Gasteiger partial charge in [0, 0.05) is 168 Å². The van der Waals surface area contributed by atoms with Gasteiger partial charge in [-0.2, -0.15) is 15.3 Å². The van der Waals surface area contributed by atoms with Gasteiger partial charge in [-0.1, -0.05) is 122 Å². The predicted octanol–water partition coefficient (Wildman–Crippen LogP) is 28.7. The van der Waals surface area contributed by atoms with Crippen molar-refractivity contribution >= 4 is 0 Å². The van der Waals surface area contributed by atoms with Gasteiger partial charge in [0.15, 0.2) is 0 Å². The lowest BCUT2D eigenvalue weighted by molar-refractivity contribution is 0.339. The molecule has 4 aliphatic carbocycles. The molecule has 0 aromatic carbocycles. The van der Waals surface area contributed by atoms with Crippen LogP contribution in [0.2, 0.25) is 0 Å². The second kappa shape index (κ2) is 55.5. The molecule has 4 saturated carbocycles. The zero-order valence-electron chi connectivity index (χ0n) is 86.0. The number of pyridine rings is 10. The number of hydrogen-bond acceptors (Lipinski definition) is 22. The fourth-order valence-electron chi connectivity index (χ4n) is 16.0. The van der Waals surface area contributed by atoms with E-state index >= 15 is 0 Å². The standard InChI is InChI=1S/C13H19N.3C12H12N2.3C12H18N2.3C11H11N3.4H2/c1-10-3-6-12(7-4-10)13-8-5-11(2)9-14-13;2*1-9-3-6-12(14-7-9)11-5-4-10(2)13-8-11;1-9-3-5-11(13-7-9)12-6-4-10(2)8-14-12;1-9-3-5-11(6-4-9)12-7-13-10(2)14-8-12;1-9-3-5-11(6-4-9)12-8-13-10(2)7-14-12;1-9-3-5-11(6-4-9)12-13-7-10(2)8-14-12;1-8-3-5-10(7-12-8)11-6-4-9(2)13-14-11;1-8-3-5-10(12-7-8)11-6-4-9(2)13-14-11;1-8-3-4-10(13-5-8)11-7-12-9(2)6-14-11;;;;/h5,8-10,12H,3-4,6-7H2,1-2H3;3*3-8H,1-2H3;3*7-9,11H,3-6H2,1-2H3;3*3-7H,1-2H3;4*1H. The summed E-state index contributed by atoms with van der Waals surface area (Å²) in [4.78, 5) is 77.6. The summed E-state index contributed by atoms with van der Waals surface area (Å²) in [6.45, 7) is 41.3. The zero-order chi connectivity index (χ0) is 99.7. The highest BCUT2D eigenvalue weighted by Gasteiger charge is 2.25. The molecule has 20 rings (SSSR count). The van der Waals surface area contributed by atoms with Crippen LogP contribution in [0.3, 0.4) is 0 Å². The van der Waals surface area contributed by atoms with Gasteiger partial charge < -0.3 is 0 Å². The van der Waals surface area contributed by atoms with Crippen LogP contribution in [-0.2, 0) is 0 Å². The first-order chi connectivity index (χ1) is 67.5. The molecule has 0 bridgehead atoms. The average molecular weight is 1880 g/mol. The van der Waals surface area contributed by atoms with Crippen LogP contribution < -0.4 is 0 Å². The minimum absolute atomic E-state index is 0.